The van der Waals surface area contributed by atoms with Gasteiger partial charge in [0, 0.05) is 43.3 Å². The lowest BCUT2D eigenvalue weighted by atomic mass is 9.56. The lowest BCUT2D eigenvalue weighted by Gasteiger charge is -2.49. The fraction of sp³-hybridized carbons (Fsp3) is 0.792. The molecule has 7 heteroatoms. The third kappa shape index (κ3) is 3.32. The molecule has 1 spiro atoms. The van der Waals surface area contributed by atoms with Crippen LogP contribution in [-0.2, 0) is 19.0 Å². The van der Waals surface area contributed by atoms with E-state index in [1.807, 2.05) is 26.8 Å². The summed E-state index contributed by atoms with van der Waals surface area (Å²) in [5.41, 5.74) is 0.170. The van der Waals surface area contributed by atoms with Crippen LogP contribution in [0.5, 0.6) is 0 Å². The van der Waals surface area contributed by atoms with E-state index in [1.165, 1.54) is 7.11 Å². The zero-order chi connectivity index (χ0) is 22.7. The standard InChI is InChI=1S/C24H36O7/c1-11-8-12(2)24-15(9-18(29-5)23(28)30-21(11)14(4)26)6-7-16-19(24)20(27)13(3)17(10-25)22(16)31-24/h6-8,11,13-22,25-27H,9-10H2,1-5H3/b12-8+/t11-,13?,14-,15-,16-,17+,18+,19+,20-,21+,22-,24+/m1/s1. The molecule has 2 aliphatic heterocycles. The van der Waals surface area contributed by atoms with Crippen LogP contribution in [0.3, 0.4) is 0 Å². The van der Waals surface area contributed by atoms with Crippen molar-refractivity contribution in [2.24, 2.45) is 35.5 Å². The van der Waals surface area contributed by atoms with E-state index >= 15 is 0 Å². The summed E-state index contributed by atoms with van der Waals surface area (Å²) in [5.74, 6) is -1.38. The minimum Gasteiger partial charge on any atom is -0.457 e. The Bertz CT molecular complexity index is 761. The van der Waals surface area contributed by atoms with Crippen LogP contribution in [0.25, 0.3) is 0 Å². The maximum absolute atomic E-state index is 12.9. The van der Waals surface area contributed by atoms with E-state index in [4.69, 9.17) is 14.2 Å². The highest BCUT2D eigenvalue weighted by atomic mass is 16.6. The van der Waals surface area contributed by atoms with Gasteiger partial charge in [0.25, 0.3) is 0 Å². The normalized spacial score (nSPS) is 52.0. The van der Waals surface area contributed by atoms with Gasteiger partial charge in [0.1, 0.15) is 11.7 Å². The van der Waals surface area contributed by atoms with Gasteiger partial charge in [-0.2, -0.15) is 0 Å². The summed E-state index contributed by atoms with van der Waals surface area (Å²) >= 11 is 0. The fourth-order valence-electron chi connectivity index (χ4n) is 6.74. The number of ether oxygens (including phenoxy) is 3. The summed E-state index contributed by atoms with van der Waals surface area (Å²) in [4.78, 5) is 12.9. The van der Waals surface area contributed by atoms with Crippen LogP contribution in [0.4, 0.5) is 0 Å². The summed E-state index contributed by atoms with van der Waals surface area (Å²) < 4.78 is 18.0. The lowest BCUT2D eigenvalue weighted by Crippen LogP contribution is -2.56. The maximum atomic E-state index is 12.9. The minimum absolute atomic E-state index is 0.00158. The Morgan fingerprint density at radius 3 is 2.65 bits per heavy atom. The number of carbonyl (C=O) groups excluding carboxylic acids is 1. The van der Waals surface area contributed by atoms with E-state index in [0.717, 1.165) is 5.57 Å². The highest BCUT2D eigenvalue weighted by Crippen LogP contribution is 2.61. The van der Waals surface area contributed by atoms with Crippen LogP contribution >= 0.6 is 0 Å². The van der Waals surface area contributed by atoms with Gasteiger partial charge in [-0.1, -0.05) is 32.1 Å². The number of methoxy groups -OCH3 is 1. The molecule has 174 valence electrons. The van der Waals surface area contributed by atoms with Crippen molar-refractivity contribution in [2.75, 3.05) is 13.7 Å². The molecule has 2 heterocycles. The van der Waals surface area contributed by atoms with Crippen LogP contribution < -0.4 is 0 Å². The smallest absolute Gasteiger partial charge is 0.335 e. The number of rotatable bonds is 3. The third-order valence-electron chi connectivity index (χ3n) is 8.34. The zero-order valence-electron chi connectivity index (χ0n) is 19.0. The number of hydrogen-bond acceptors (Lipinski definition) is 7. The van der Waals surface area contributed by atoms with Crippen molar-refractivity contribution in [3.05, 3.63) is 23.8 Å². The van der Waals surface area contributed by atoms with Crippen molar-refractivity contribution < 1.29 is 34.3 Å². The quantitative estimate of drug-likeness (QED) is 0.454. The summed E-state index contributed by atoms with van der Waals surface area (Å²) in [6, 6.07) is 0. The predicted molar refractivity (Wildman–Crippen MR) is 113 cm³/mol. The Hall–Kier alpha value is -1.25. The molecule has 4 bridgehead atoms. The molecule has 0 aromatic heterocycles. The molecule has 2 aliphatic carbocycles. The Morgan fingerprint density at radius 2 is 2.03 bits per heavy atom. The molecule has 1 saturated carbocycles. The highest BCUT2D eigenvalue weighted by Gasteiger charge is 2.67. The third-order valence-corrected chi connectivity index (χ3v) is 8.34. The molecule has 0 amide bonds. The van der Waals surface area contributed by atoms with Gasteiger partial charge < -0.3 is 29.5 Å². The molecule has 3 N–H and O–H groups in total. The van der Waals surface area contributed by atoms with Crippen molar-refractivity contribution in [3.63, 3.8) is 0 Å². The summed E-state index contributed by atoms with van der Waals surface area (Å²) in [5, 5.41) is 31.7. The van der Waals surface area contributed by atoms with Crippen molar-refractivity contribution in [3.8, 4) is 0 Å². The molecule has 1 unspecified atom stereocenters. The Kier molecular flexibility index (Phi) is 6.11. The second-order valence-corrected chi connectivity index (χ2v) is 9.98. The average molecular weight is 437 g/mol. The monoisotopic (exact) mass is 436 g/mol. The van der Waals surface area contributed by atoms with Crippen LogP contribution in [0.1, 0.15) is 34.1 Å². The van der Waals surface area contributed by atoms with E-state index in [9.17, 15) is 20.1 Å². The second-order valence-electron chi connectivity index (χ2n) is 9.98. The Labute approximate surface area is 184 Å². The molecule has 0 aromatic rings. The molecule has 0 radical (unpaired) electrons. The van der Waals surface area contributed by atoms with E-state index in [-0.39, 0.29) is 48.2 Å². The Morgan fingerprint density at radius 1 is 1.32 bits per heavy atom. The molecular weight excluding hydrogens is 400 g/mol. The first kappa shape index (κ1) is 22.9. The molecule has 4 aliphatic rings. The van der Waals surface area contributed by atoms with Crippen molar-refractivity contribution in [1.29, 1.82) is 0 Å². The maximum Gasteiger partial charge on any atom is 0.335 e. The van der Waals surface area contributed by atoms with E-state index in [0.29, 0.717) is 6.42 Å². The average Bonchev–Trinajstić information content (AvgIpc) is 2.91. The van der Waals surface area contributed by atoms with Crippen LogP contribution in [0.2, 0.25) is 0 Å². The van der Waals surface area contributed by atoms with E-state index in [1.54, 1.807) is 6.92 Å². The zero-order valence-corrected chi connectivity index (χ0v) is 19.0. The molecule has 12 atom stereocenters. The van der Waals surface area contributed by atoms with Crippen molar-refractivity contribution in [2.45, 2.75) is 70.2 Å². The van der Waals surface area contributed by atoms with Crippen LogP contribution in [0, 0.1) is 35.5 Å². The predicted octanol–water partition coefficient (Wildman–Crippen LogP) is 1.46. The van der Waals surface area contributed by atoms with E-state index in [2.05, 4.69) is 12.2 Å². The summed E-state index contributed by atoms with van der Waals surface area (Å²) in [7, 11) is 1.48. The van der Waals surface area contributed by atoms with Crippen molar-refractivity contribution >= 4 is 5.97 Å². The number of aliphatic hydroxyl groups is 3. The lowest BCUT2D eigenvalue weighted by molar-refractivity contribution is -0.172. The largest absolute Gasteiger partial charge is 0.457 e. The first-order valence-corrected chi connectivity index (χ1v) is 11.4. The highest BCUT2D eigenvalue weighted by molar-refractivity contribution is 5.75. The number of hydrogen-bond donors (Lipinski definition) is 3. The number of aliphatic hydroxyl groups excluding tert-OH is 3. The van der Waals surface area contributed by atoms with Gasteiger partial charge in [0.05, 0.1) is 18.3 Å². The molecule has 0 aromatic carbocycles. The first-order chi connectivity index (χ1) is 14.7. The fourth-order valence-corrected chi connectivity index (χ4v) is 6.74. The van der Waals surface area contributed by atoms with Gasteiger partial charge >= 0.3 is 5.97 Å². The van der Waals surface area contributed by atoms with Crippen LogP contribution in [-0.4, -0.2) is 71.1 Å². The van der Waals surface area contributed by atoms with Gasteiger partial charge in [0.2, 0.25) is 0 Å². The topological polar surface area (TPSA) is 105 Å². The first-order valence-electron chi connectivity index (χ1n) is 11.4. The SMILES string of the molecule is CO[C@H]1C[C@H]2C=C[C@H]3[C@H]4O[C@]2(/C(C)=C/[C@@H](C)[C@@H]([C@@H](C)O)OC1=O)[C@@H]3[C@H](O)C(C)[C@@H]4CO. The molecule has 4 rings (SSSR count). The number of esters is 1. The van der Waals surface area contributed by atoms with Gasteiger partial charge in [-0.25, -0.2) is 4.79 Å². The number of carbonyl (C=O) groups is 1. The molecule has 2 fully saturated rings. The summed E-state index contributed by atoms with van der Waals surface area (Å²) in [6.07, 6.45) is 3.35. The molecule has 31 heavy (non-hydrogen) atoms. The molecule has 1 saturated heterocycles. The number of cyclic esters (lactones) is 1. The second kappa shape index (κ2) is 8.27. The van der Waals surface area contributed by atoms with Gasteiger partial charge in [-0.15, -0.1) is 0 Å². The molecule has 7 nitrogen and oxygen atoms in total. The molecular formula is C24H36O7. The van der Waals surface area contributed by atoms with Gasteiger partial charge in [-0.3, -0.25) is 0 Å². The minimum atomic E-state index is -0.847. The van der Waals surface area contributed by atoms with Gasteiger partial charge in [0.15, 0.2) is 6.10 Å². The summed E-state index contributed by atoms with van der Waals surface area (Å²) in [6.45, 7) is 7.47. The van der Waals surface area contributed by atoms with E-state index < -0.39 is 36.0 Å². The van der Waals surface area contributed by atoms with Gasteiger partial charge in [-0.05, 0) is 31.8 Å². The van der Waals surface area contributed by atoms with Crippen molar-refractivity contribution in [1.82, 2.24) is 0 Å². The van der Waals surface area contributed by atoms with Crippen LogP contribution in [0.15, 0.2) is 23.8 Å². The Balaban J connectivity index is 1.86.